The zero-order valence-electron chi connectivity index (χ0n) is 12.0. The van der Waals surface area contributed by atoms with E-state index in [-0.39, 0.29) is 0 Å². The van der Waals surface area contributed by atoms with Gasteiger partial charge in [0.1, 0.15) is 6.07 Å². The average Bonchev–Trinajstić information content (AvgIpc) is 2.46. The fourth-order valence-corrected chi connectivity index (χ4v) is 3.58. The van der Waals surface area contributed by atoms with Crippen LogP contribution < -0.4 is 10.6 Å². The number of hydrogen-bond acceptors (Lipinski definition) is 4. The fourth-order valence-electron chi connectivity index (χ4n) is 3.58. The second-order valence-corrected chi connectivity index (χ2v) is 6.03. The number of piperidine rings is 1. The van der Waals surface area contributed by atoms with Crippen LogP contribution in [0.4, 0.5) is 11.4 Å². The van der Waals surface area contributed by atoms with Crippen LogP contribution in [0.5, 0.6) is 0 Å². The molecule has 4 heteroatoms. The quantitative estimate of drug-likeness (QED) is 0.795. The minimum Gasteiger partial charge on any atom is -0.399 e. The number of nitriles is 1. The van der Waals surface area contributed by atoms with E-state index in [1.165, 1.54) is 25.8 Å². The summed E-state index contributed by atoms with van der Waals surface area (Å²) in [6, 6.07) is 9.07. The van der Waals surface area contributed by atoms with Gasteiger partial charge < -0.3 is 10.6 Å². The first-order chi connectivity index (χ1) is 9.69. The summed E-state index contributed by atoms with van der Waals surface area (Å²) >= 11 is 0. The van der Waals surface area contributed by atoms with Crippen molar-refractivity contribution < 1.29 is 0 Å². The van der Waals surface area contributed by atoms with Crippen LogP contribution in [0.1, 0.15) is 31.7 Å². The highest BCUT2D eigenvalue weighted by Crippen LogP contribution is 2.30. The van der Waals surface area contributed by atoms with Gasteiger partial charge in [-0.05, 0) is 44.5 Å². The first-order valence-corrected chi connectivity index (χ1v) is 7.49. The second kappa shape index (κ2) is 5.34. The standard InChI is InChI=1S/C16H22N4/c1-12-10-19-7-3-2-4-15(19)11-20(12)16-6-5-14(18)8-13(16)9-17/h5-6,8,12,15H,2-4,7,10-11,18H2,1H3. The Kier molecular flexibility index (Phi) is 3.54. The Morgan fingerprint density at radius 1 is 1.30 bits per heavy atom. The van der Waals surface area contributed by atoms with Crippen LogP contribution in [0, 0.1) is 11.3 Å². The van der Waals surface area contributed by atoms with Gasteiger partial charge in [0.2, 0.25) is 0 Å². The van der Waals surface area contributed by atoms with Crippen molar-refractivity contribution in [2.24, 2.45) is 0 Å². The molecule has 2 saturated heterocycles. The van der Waals surface area contributed by atoms with Crippen LogP contribution in [0.2, 0.25) is 0 Å². The summed E-state index contributed by atoms with van der Waals surface area (Å²) in [6.45, 7) is 5.61. The number of rotatable bonds is 1. The molecule has 0 aromatic heterocycles. The van der Waals surface area contributed by atoms with E-state index in [2.05, 4.69) is 22.8 Å². The SMILES string of the molecule is CC1CN2CCCCC2CN1c1ccc(N)cc1C#N. The minimum absolute atomic E-state index is 0.445. The average molecular weight is 270 g/mol. The molecule has 2 heterocycles. The Hall–Kier alpha value is -1.73. The molecule has 3 rings (SSSR count). The molecule has 0 bridgehead atoms. The summed E-state index contributed by atoms with van der Waals surface area (Å²) in [5.74, 6) is 0. The maximum atomic E-state index is 9.35. The first-order valence-electron chi connectivity index (χ1n) is 7.49. The molecule has 2 fully saturated rings. The third-order valence-electron chi connectivity index (χ3n) is 4.64. The lowest BCUT2D eigenvalue weighted by molar-refractivity contribution is 0.115. The van der Waals surface area contributed by atoms with Gasteiger partial charge in [0.15, 0.2) is 0 Å². The monoisotopic (exact) mass is 270 g/mol. The van der Waals surface area contributed by atoms with Crippen LogP contribution in [0.3, 0.4) is 0 Å². The Morgan fingerprint density at radius 3 is 2.95 bits per heavy atom. The summed E-state index contributed by atoms with van der Waals surface area (Å²) in [7, 11) is 0. The van der Waals surface area contributed by atoms with E-state index in [1.54, 1.807) is 6.07 Å². The molecule has 2 N–H and O–H groups in total. The normalized spacial score (nSPS) is 26.9. The molecule has 1 aromatic rings. The van der Waals surface area contributed by atoms with Gasteiger partial charge in [0.05, 0.1) is 11.3 Å². The summed E-state index contributed by atoms with van der Waals surface area (Å²) in [4.78, 5) is 5.01. The fraction of sp³-hybridized carbons (Fsp3) is 0.562. The van der Waals surface area contributed by atoms with E-state index in [4.69, 9.17) is 5.73 Å². The topological polar surface area (TPSA) is 56.3 Å². The van der Waals surface area contributed by atoms with Crippen LogP contribution in [0.15, 0.2) is 18.2 Å². The smallest absolute Gasteiger partial charge is 0.101 e. The van der Waals surface area contributed by atoms with Gasteiger partial charge in [-0.1, -0.05) is 6.42 Å². The maximum Gasteiger partial charge on any atom is 0.101 e. The van der Waals surface area contributed by atoms with Gasteiger partial charge in [0, 0.05) is 30.9 Å². The molecular formula is C16H22N4. The molecule has 0 amide bonds. The van der Waals surface area contributed by atoms with Crippen molar-refractivity contribution in [2.75, 3.05) is 30.3 Å². The first kappa shape index (κ1) is 13.3. The Balaban J connectivity index is 1.88. The predicted octanol–water partition coefficient (Wildman–Crippen LogP) is 2.20. The van der Waals surface area contributed by atoms with Crippen molar-refractivity contribution in [1.82, 2.24) is 4.90 Å². The molecule has 4 nitrogen and oxygen atoms in total. The lowest BCUT2D eigenvalue weighted by Crippen LogP contribution is -2.59. The van der Waals surface area contributed by atoms with Crippen molar-refractivity contribution in [3.63, 3.8) is 0 Å². The van der Waals surface area contributed by atoms with Gasteiger partial charge >= 0.3 is 0 Å². The van der Waals surface area contributed by atoms with Crippen LogP contribution in [-0.2, 0) is 0 Å². The summed E-state index contributed by atoms with van der Waals surface area (Å²) < 4.78 is 0. The minimum atomic E-state index is 0.445. The van der Waals surface area contributed by atoms with Gasteiger partial charge in [-0.3, -0.25) is 4.90 Å². The molecule has 0 saturated carbocycles. The van der Waals surface area contributed by atoms with Gasteiger partial charge in [-0.15, -0.1) is 0 Å². The van der Waals surface area contributed by atoms with Crippen LogP contribution in [0.25, 0.3) is 0 Å². The Bertz CT molecular complexity index is 534. The molecule has 2 unspecified atom stereocenters. The molecule has 0 aliphatic carbocycles. The van der Waals surface area contributed by atoms with Crippen molar-refractivity contribution in [1.29, 1.82) is 5.26 Å². The highest BCUT2D eigenvalue weighted by Gasteiger charge is 2.33. The number of anilines is 2. The summed E-state index contributed by atoms with van der Waals surface area (Å²) in [5.41, 5.74) is 8.19. The third kappa shape index (κ3) is 2.34. The number of nitrogens with two attached hydrogens (primary N) is 1. The van der Waals surface area contributed by atoms with Gasteiger partial charge in [-0.2, -0.15) is 5.26 Å². The number of nitrogen functional groups attached to an aromatic ring is 1. The van der Waals surface area contributed by atoms with Gasteiger partial charge in [0.25, 0.3) is 0 Å². The van der Waals surface area contributed by atoms with Gasteiger partial charge in [-0.25, -0.2) is 0 Å². The molecular weight excluding hydrogens is 248 g/mol. The molecule has 2 aliphatic rings. The molecule has 2 atom stereocenters. The van der Waals surface area contributed by atoms with Crippen LogP contribution >= 0.6 is 0 Å². The molecule has 1 aromatic carbocycles. The molecule has 106 valence electrons. The Morgan fingerprint density at radius 2 is 2.15 bits per heavy atom. The predicted molar refractivity (Wildman–Crippen MR) is 81.6 cm³/mol. The van der Waals surface area contributed by atoms with E-state index < -0.39 is 0 Å². The summed E-state index contributed by atoms with van der Waals surface area (Å²) in [5, 5.41) is 9.35. The zero-order valence-corrected chi connectivity index (χ0v) is 12.0. The highest BCUT2D eigenvalue weighted by atomic mass is 15.3. The lowest BCUT2D eigenvalue weighted by atomic mass is 9.96. The van der Waals surface area contributed by atoms with Crippen molar-refractivity contribution in [3.05, 3.63) is 23.8 Å². The van der Waals surface area contributed by atoms with Crippen LogP contribution in [-0.4, -0.2) is 36.6 Å². The Labute approximate surface area is 120 Å². The molecule has 2 aliphatic heterocycles. The van der Waals surface area contributed by atoms with E-state index in [0.29, 0.717) is 23.3 Å². The molecule has 0 radical (unpaired) electrons. The number of hydrogen-bond donors (Lipinski definition) is 1. The van der Waals surface area contributed by atoms with E-state index >= 15 is 0 Å². The largest absolute Gasteiger partial charge is 0.399 e. The van der Waals surface area contributed by atoms with E-state index in [9.17, 15) is 5.26 Å². The highest BCUT2D eigenvalue weighted by molar-refractivity contribution is 5.65. The summed E-state index contributed by atoms with van der Waals surface area (Å²) in [6.07, 6.45) is 3.94. The van der Waals surface area contributed by atoms with Crippen molar-refractivity contribution in [2.45, 2.75) is 38.3 Å². The maximum absolute atomic E-state index is 9.35. The second-order valence-electron chi connectivity index (χ2n) is 6.03. The number of nitrogens with zero attached hydrogens (tertiary/aromatic N) is 3. The molecule has 0 spiro atoms. The van der Waals surface area contributed by atoms with E-state index in [0.717, 1.165) is 18.8 Å². The number of piperazine rings is 1. The zero-order chi connectivity index (χ0) is 14.1. The lowest BCUT2D eigenvalue weighted by Gasteiger charge is -2.48. The van der Waals surface area contributed by atoms with Crippen molar-refractivity contribution in [3.8, 4) is 6.07 Å². The molecule has 20 heavy (non-hydrogen) atoms. The number of benzene rings is 1. The third-order valence-corrected chi connectivity index (χ3v) is 4.64. The number of fused-ring (bicyclic) bond motifs is 1. The van der Waals surface area contributed by atoms with Crippen molar-refractivity contribution >= 4 is 11.4 Å². The van der Waals surface area contributed by atoms with E-state index in [1.807, 2.05) is 12.1 Å².